The first-order chi connectivity index (χ1) is 14.6. The van der Waals surface area contributed by atoms with Gasteiger partial charge < -0.3 is 21.1 Å². The van der Waals surface area contributed by atoms with E-state index >= 15 is 0 Å². The summed E-state index contributed by atoms with van der Waals surface area (Å²) in [6.07, 6.45) is 3.23. The predicted octanol–water partition coefficient (Wildman–Crippen LogP) is 4.65. The second-order valence-corrected chi connectivity index (χ2v) is 10.7. The van der Waals surface area contributed by atoms with Crippen molar-refractivity contribution in [3.05, 3.63) is 64.2 Å². The topological polar surface area (TPSA) is 64.5 Å². The van der Waals surface area contributed by atoms with Crippen molar-refractivity contribution in [2.24, 2.45) is 11.1 Å². The van der Waals surface area contributed by atoms with Crippen LogP contribution in [0, 0.1) is 19.3 Å². The fraction of sp³-hybridized carbons (Fsp3) is 0.556. The molecule has 1 saturated carbocycles. The van der Waals surface area contributed by atoms with Crippen molar-refractivity contribution < 1.29 is 4.74 Å². The van der Waals surface area contributed by atoms with Gasteiger partial charge in [-0.1, -0.05) is 44.2 Å². The van der Waals surface area contributed by atoms with E-state index in [0.717, 1.165) is 44.6 Å². The Labute approximate surface area is 188 Å². The molecule has 31 heavy (non-hydrogen) atoms. The van der Waals surface area contributed by atoms with Crippen LogP contribution < -0.4 is 11.5 Å². The molecule has 2 aromatic rings. The minimum atomic E-state index is -0.310. The molecule has 2 aliphatic rings. The molecule has 0 saturated heterocycles. The van der Waals surface area contributed by atoms with Crippen LogP contribution >= 0.6 is 0 Å². The number of nitrogen functional groups attached to an aromatic ring is 1. The Hall–Kier alpha value is -1.88. The van der Waals surface area contributed by atoms with Crippen molar-refractivity contribution in [2.45, 2.75) is 64.5 Å². The third-order valence-electron chi connectivity index (χ3n) is 8.24. The Morgan fingerprint density at radius 2 is 1.71 bits per heavy atom. The number of nitrogens with two attached hydrogens (primary N) is 2. The summed E-state index contributed by atoms with van der Waals surface area (Å²) in [5, 5.41) is 0. The van der Waals surface area contributed by atoms with E-state index in [-0.39, 0.29) is 16.4 Å². The molecule has 2 bridgehead atoms. The van der Waals surface area contributed by atoms with Gasteiger partial charge in [-0.25, -0.2) is 0 Å². The first-order valence-electron chi connectivity index (χ1n) is 11.6. The van der Waals surface area contributed by atoms with Gasteiger partial charge in [-0.05, 0) is 79.5 Å². The van der Waals surface area contributed by atoms with E-state index in [1.807, 2.05) is 6.07 Å². The van der Waals surface area contributed by atoms with Gasteiger partial charge in [-0.3, -0.25) is 0 Å². The number of nitrogens with zero attached hydrogens (tertiary/aromatic N) is 1. The maximum atomic E-state index is 7.13. The van der Waals surface area contributed by atoms with Gasteiger partial charge in [-0.15, -0.1) is 0 Å². The van der Waals surface area contributed by atoms with Gasteiger partial charge >= 0.3 is 0 Å². The number of anilines is 1. The molecule has 4 N–H and O–H groups in total. The standard InChI is InChI=1S/C27H39N3O/c1-19-8-6-9-20(2)21(19)16-31-15-14-30(5)18-26-13-12-25(3,4)27(29,17-26)22-10-7-11-23(28)24(22)26/h6-11H,12-18,28-29H2,1-5H3/t26?,27-/m0/s1. The number of ether oxygens (including phenoxy) is 1. The summed E-state index contributed by atoms with van der Waals surface area (Å²) in [5.74, 6) is 0. The smallest absolute Gasteiger partial charge is 0.0722 e. The Kier molecular flexibility index (Phi) is 5.70. The van der Waals surface area contributed by atoms with Crippen LogP contribution in [0.25, 0.3) is 0 Å². The number of fused-ring (bicyclic) bond motifs is 5. The largest absolute Gasteiger partial charge is 0.398 e. The van der Waals surface area contributed by atoms with Crippen LogP contribution in [0.15, 0.2) is 36.4 Å². The SMILES string of the molecule is Cc1cccc(C)c1COCCN(C)CC12CCC(C)(C)[C@](N)(C1)c1cccc(N)c12. The van der Waals surface area contributed by atoms with Gasteiger partial charge in [0.15, 0.2) is 0 Å². The van der Waals surface area contributed by atoms with E-state index in [1.165, 1.54) is 27.8 Å². The first kappa shape index (κ1) is 22.3. The van der Waals surface area contributed by atoms with Crippen molar-refractivity contribution >= 4 is 5.69 Å². The summed E-state index contributed by atoms with van der Waals surface area (Å²) in [5.41, 5.74) is 20.9. The average molecular weight is 422 g/mol. The molecule has 0 aromatic heterocycles. The van der Waals surface area contributed by atoms with Crippen LogP contribution in [0.5, 0.6) is 0 Å². The maximum absolute atomic E-state index is 7.13. The molecule has 2 atom stereocenters. The third-order valence-corrected chi connectivity index (χ3v) is 8.24. The van der Waals surface area contributed by atoms with Crippen LogP contribution in [0.4, 0.5) is 5.69 Å². The molecule has 4 rings (SSSR count). The lowest BCUT2D eigenvalue weighted by Gasteiger charge is -2.50. The summed E-state index contributed by atoms with van der Waals surface area (Å²) in [6, 6.07) is 12.7. The zero-order valence-electron chi connectivity index (χ0n) is 19.9. The molecule has 4 heteroatoms. The van der Waals surface area contributed by atoms with Gasteiger partial charge in [0.1, 0.15) is 0 Å². The Bertz CT molecular complexity index is 949. The molecule has 1 unspecified atom stereocenters. The average Bonchev–Trinajstić information content (AvgIpc) is 2.93. The van der Waals surface area contributed by atoms with Gasteiger partial charge in [-0.2, -0.15) is 0 Å². The Balaban J connectivity index is 1.45. The predicted molar refractivity (Wildman–Crippen MR) is 129 cm³/mol. The lowest BCUT2D eigenvalue weighted by Crippen LogP contribution is -2.54. The third kappa shape index (κ3) is 3.69. The molecule has 2 aromatic carbocycles. The molecule has 168 valence electrons. The van der Waals surface area contributed by atoms with Crippen molar-refractivity contribution in [3.8, 4) is 0 Å². The van der Waals surface area contributed by atoms with E-state index in [4.69, 9.17) is 16.2 Å². The zero-order chi connectivity index (χ0) is 22.4. The molecule has 0 radical (unpaired) electrons. The van der Waals surface area contributed by atoms with Crippen LogP contribution in [0.1, 0.15) is 60.9 Å². The highest BCUT2D eigenvalue weighted by Gasteiger charge is 2.60. The van der Waals surface area contributed by atoms with E-state index in [2.05, 4.69) is 70.0 Å². The Morgan fingerprint density at radius 3 is 2.42 bits per heavy atom. The summed E-state index contributed by atoms with van der Waals surface area (Å²) in [6.45, 7) is 12.2. The number of rotatable bonds is 7. The summed E-state index contributed by atoms with van der Waals surface area (Å²) in [7, 11) is 2.20. The maximum Gasteiger partial charge on any atom is 0.0722 e. The Morgan fingerprint density at radius 1 is 1.03 bits per heavy atom. The van der Waals surface area contributed by atoms with Crippen LogP contribution in [-0.2, 0) is 22.3 Å². The van der Waals surface area contributed by atoms with Crippen molar-refractivity contribution in [1.29, 1.82) is 0 Å². The summed E-state index contributed by atoms with van der Waals surface area (Å²) < 4.78 is 6.07. The second-order valence-electron chi connectivity index (χ2n) is 10.7. The summed E-state index contributed by atoms with van der Waals surface area (Å²) >= 11 is 0. The quantitative estimate of drug-likeness (QED) is 0.504. The van der Waals surface area contributed by atoms with Crippen molar-refractivity contribution in [1.82, 2.24) is 4.90 Å². The molecule has 2 aliphatic carbocycles. The van der Waals surface area contributed by atoms with Crippen LogP contribution in [0.3, 0.4) is 0 Å². The van der Waals surface area contributed by atoms with Gasteiger partial charge in [0, 0.05) is 29.7 Å². The van der Waals surface area contributed by atoms with E-state index in [0.29, 0.717) is 6.61 Å². The number of benzene rings is 2. The highest BCUT2D eigenvalue weighted by molar-refractivity contribution is 5.62. The molecule has 4 nitrogen and oxygen atoms in total. The van der Waals surface area contributed by atoms with Crippen LogP contribution in [0.2, 0.25) is 0 Å². The number of aryl methyl sites for hydroxylation is 2. The molecular formula is C27H39N3O. The minimum Gasteiger partial charge on any atom is -0.398 e. The number of hydrogen-bond donors (Lipinski definition) is 2. The highest BCUT2D eigenvalue weighted by atomic mass is 16.5. The van der Waals surface area contributed by atoms with Crippen LogP contribution in [-0.4, -0.2) is 31.6 Å². The lowest BCUT2D eigenvalue weighted by molar-refractivity contribution is 0.0458. The van der Waals surface area contributed by atoms with E-state index in [9.17, 15) is 0 Å². The molecular weight excluding hydrogens is 382 g/mol. The normalized spacial score (nSPS) is 26.3. The molecule has 0 spiro atoms. The molecule has 1 fully saturated rings. The zero-order valence-corrected chi connectivity index (χ0v) is 19.9. The number of hydrogen-bond acceptors (Lipinski definition) is 4. The molecule has 0 amide bonds. The second kappa shape index (κ2) is 7.91. The fourth-order valence-electron chi connectivity index (χ4n) is 6.12. The summed E-state index contributed by atoms with van der Waals surface area (Å²) in [4.78, 5) is 2.41. The minimum absolute atomic E-state index is 0.0340. The number of likely N-dealkylation sites (N-methyl/N-ethyl adjacent to an activating group) is 1. The van der Waals surface area contributed by atoms with E-state index in [1.54, 1.807) is 0 Å². The van der Waals surface area contributed by atoms with Gasteiger partial charge in [0.25, 0.3) is 0 Å². The van der Waals surface area contributed by atoms with Gasteiger partial charge in [0.2, 0.25) is 0 Å². The van der Waals surface area contributed by atoms with Gasteiger partial charge in [0.05, 0.1) is 13.2 Å². The first-order valence-corrected chi connectivity index (χ1v) is 11.6. The fourth-order valence-corrected chi connectivity index (χ4v) is 6.12. The lowest BCUT2D eigenvalue weighted by atomic mass is 9.59. The van der Waals surface area contributed by atoms with Crippen molar-refractivity contribution in [2.75, 3.05) is 32.5 Å². The molecule has 0 heterocycles. The molecule has 0 aliphatic heterocycles. The monoisotopic (exact) mass is 421 g/mol. The van der Waals surface area contributed by atoms with E-state index < -0.39 is 0 Å². The van der Waals surface area contributed by atoms with Crippen molar-refractivity contribution in [3.63, 3.8) is 0 Å². The highest BCUT2D eigenvalue weighted by Crippen LogP contribution is 2.63.